The van der Waals surface area contributed by atoms with Crippen molar-refractivity contribution in [2.45, 2.75) is 4.90 Å². The lowest BCUT2D eigenvalue weighted by Gasteiger charge is -2.03. The Kier molecular flexibility index (Phi) is 3.13. The number of halogens is 2. The highest BCUT2D eigenvalue weighted by atomic mass is 35.5. The van der Waals surface area contributed by atoms with Crippen LogP contribution in [0.15, 0.2) is 17.0 Å². The van der Waals surface area contributed by atoms with Gasteiger partial charge in [-0.2, -0.15) is 0 Å². The molecular weight excluding hydrogens is 235 g/mol. The van der Waals surface area contributed by atoms with Gasteiger partial charge in [-0.25, -0.2) is 18.1 Å². The molecule has 0 amide bonds. The van der Waals surface area contributed by atoms with Gasteiger partial charge in [0.25, 0.3) is 0 Å². The first kappa shape index (κ1) is 10.7. The van der Waals surface area contributed by atoms with Gasteiger partial charge in [0.2, 0.25) is 10.0 Å². The molecule has 0 fully saturated rings. The van der Waals surface area contributed by atoms with Gasteiger partial charge in [-0.05, 0) is 19.2 Å². The molecule has 0 saturated heterocycles. The SMILES string of the molecule is CNS(=O)(=O)c1ccc(Cl)nc1Cl. The molecule has 72 valence electrons. The number of hydrogen-bond donors (Lipinski definition) is 1. The third-order valence-corrected chi connectivity index (χ3v) is 3.40. The van der Waals surface area contributed by atoms with Gasteiger partial charge >= 0.3 is 0 Å². The van der Waals surface area contributed by atoms with Gasteiger partial charge in [0.1, 0.15) is 10.0 Å². The second kappa shape index (κ2) is 3.79. The van der Waals surface area contributed by atoms with Crippen molar-refractivity contribution in [1.29, 1.82) is 0 Å². The standard InChI is InChI=1S/C6H6Cl2N2O2S/c1-9-13(11,12)4-2-3-5(7)10-6(4)8/h2-3,9H,1H3. The fourth-order valence-electron chi connectivity index (χ4n) is 0.710. The van der Waals surface area contributed by atoms with Crippen LogP contribution in [-0.2, 0) is 10.0 Å². The number of pyridine rings is 1. The summed E-state index contributed by atoms with van der Waals surface area (Å²) in [5.74, 6) is 0. The van der Waals surface area contributed by atoms with Crippen LogP contribution in [0.1, 0.15) is 0 Å². The molecule has 1 N–H and O–H groups in total. The molecule has 1 aromatic rings. The highest BCUT2D eigenvalue weighted by molar-refractivity contribution is 7.89. The summed E-state index contributed by atoms with van der Waals surface area (Å²) in [6.07, 6.45) is 0. The molecule has 0 aliphatic heterocycles. The molecule has 0 radical (unpaired) electrons. The minimum Gasteiger partial charge on any atom is -0.223 e. The largest absolute Gasteiger partial charge is 0.243 e. The Morgan fingerprint density at radius 1 is 1.38 bits per heavy atom. The second-order valence-corrected chi connectivity index (χ2v) is 4.73. The summed E-state index contributed by atoms with van der Waals surface area (Å²) in [6.45, 7) is 0. The van der Waals surface area contributed by atoms with Crippen LogP contribution in [0, 0.1) is 0 Å². The quantitative estimate of drug-likeness (QED) is 0.794. The lowest BCUT2D eigenvalue weighted by molar-refractivity contribution is 0.588. The first-order valence-electron chi connectivity index (χ1n) is 3.23. The zero-order chi connectivity index (χ0) is 10.1. The first-order valence-corrected chi connectivity index (χ1v) is 5.47. The number of sulfonamides is 1. The molecule has 0 unspecified atom stereocenters. The Labute approximate surface area is 85.9 Å². The molecule has 1 rings (SSSR count). The molecule has 0 aromatic carbocycles. The Balaban J connectivity index is 3.33. The summed E-state index contributed by atoms with van der Waals surface area (Å²) < 4.78 is 24.6. The number of hydrogen-bond acceptors (Lipinski definition) is 3. The fourth-order valence-corrected chi connectivity index (χ4v) is 2.09. The third-order valence-electron chi connectivity index (χ3n) is 1.34. The van der Waals surface area contributed by atoms with Gasteiger partial charge in [0, 0.05) is 0 Å². The third kappa shape index (κ3) is 2.31. The molecule has 1 aromatic heterocycles. The zero-order valence-electron chi connectivity index (χ0n) is 6.58. The minimum atomic E-state index is -3.55. The van der Waals surface area contributed by atoms with Crippen molar-refractivity contribution in [3.8, 4) is 0 Å². The number of nitrogens with zero attached hydrogens (tertiary/aromatic N) is 1. The van der Waals surface area contributed by atoms with Crippen LogP contribution in [0.2, 0.25) is 10.3 Å². The molecule has 0 saturated carbocycles. The van der Waals surface area contributed by atoms with E-state index in [0.717, 1.165) is 0 Å². The van der Waals surface area contributed by atoms with E-state index in [9.17, 15) is 8.42 Å². The minimum absolute atomic E-state index is 0.0823. The number of aromatic nitrogens is 1. The van der Waals surface area contributed by atoms with Crippen LogP contribution in [0.4, 0.5) is 0 Å². The summed E-state index contributed by atoms with van der Waals surface area (Å²) in [6, 6.07) is 2.65. The smallest absolute Gasteiger partial charge is 0.223 e. The average molecular weight is 241 g/mol. The van der Waals surface area contributed by atoms with Crippen molar-refractivity contribution in [2.75, 3.05) is 7.05 Å². The van der Waals surface area contributed by atoms with E-state index in [1.165, 1.54) is 19.2 Å². The van der Waals surface area contributed by atoms with E-state index in [0.29, 0.717) is 0 Å². The van der Waals surface area contributed by atoms with Gasteiger partial charge in [0.05, 0.1) is 0 Å². The van der Waals surface area contributed by atoms with Crippen molar-refractivity contribution < 1.29 is 8.42 Å². The Morgan fingerprint density at radius 2 is 2.00 bits per heavy atom. The van der Waals surface area contributed by atoms with Crippen LogP contribution < -0.4 is 4.72 Å². The molecule has 0 bridgehead atoms. The summed E-state index contributed by atoms with van der Waals surface area (Å²) in [7, 11) is -2.26. The highest BCUT2D eigenvalue weighted by Gasteiger charge is 2.16. The first-order chi connectivity index (χ1) is 5.97. The molecule has 4 nitrogen and oxygen atoms in total. The van der Waals surface area contributed by atoms with Crippen molar-refractivity contribution in [3.63, 3.8) is 0 Å². The van der Waals surface area contributed by atoms with Crippen molar-refractivity contribution >= 4 is 33.2 Å². The summed E-state index contributed by atoms with van der Waals surface area (Å²) in [4.78, 5) is 3.52. The van der Waals surface area contributed by atoms with Gasteiger partial charge in [-0.15, -0.1) is 0 Å². The summed E-state index contributed by atoms with van der Waals surface area (Å²) >= 11 is 11.1. The van der Waals surface area contributed by atoms with Crippen LogP contribution in [0.3, 0.4) is 0 Å². The highest BCUT2D eigenvalue weighted by Crippen LogP contribution is 2.20. The summed E-state index contributed by atoms with van der Waals surface area (Å²) in [5.41, 5.74) is 0. The lowest BCUT2D eigenvalue weighted by Crippen LogP contribution is -2.19. The van der Waals surface area contributed by atoms with Crippen molar-refractivity contribution in [2.24, 2.45) is 0 Å². The van der Waals surface area contributed by atoms with E-state index < -0.39 is 10.0 Å². The maximum atomic E-state index is 11.3. The van der Waals surface area contributed by atoms with Crippen molar-refractivity contribution in [1.82, 2.24) is 9.71 Å². The maximum Gasteiger partial charge on any atom is 0.243 e. The molecule has 1 heterocycles. The lowest BCUT2D eigenvalue weighted by atomic mass is 10.5. The Bertz CT molecular complexity index is 419. The molecule has 0 atom stereocenters. The van der Waals surface area contributed by atoms with Gasteiger partial charge in [-0.1, -0.05) is 23.2 Å². The van der Waals surface area contributed by atoms with Gasteiger partial charge < -0.3 is 0 Å². The zero-order valence-corrected chi connectivity index (χ0v) is 8.91. The molecule has 7 heteroatoms. The molecule has 0 aliphatic carbocycles. The fraction of sp³-hybridized carbons (Fsp3) is 0.167. The van der Waals surface area contributed by atoms with E-state index in [1.807, 2.05) is 0 Å². The van der Waals surface area contributed by atoms with Crippen molar-refractivity contribution in [3.05, 3.63) is 22.4 Å². The van der Waals surface area contributed by atoms with Gasteiger partial charge in [-0.3, -0.25) is 0 Å². The van der Waals surface area contributed by atoms with Crippen LogP contribution >= 0.6 is 23.2 Å². The number of nitrogens with one attached hydrogen (secondary N) is 1. The van der Waals surface area contributed by atoms with Crippen LogP contribution in [0.5, 0.6) is 0 Å². The normalized spacial score (nSPS) is 11.6. The maximum absolute atomic E-state index is 11.3. The van der Waals surface area contributed by atoms with E-state index in [4.69, 9.17) is 23.2 Å². The van der Waals surface area contributed by atoms with Gasteiger partial charge in [0.15, 0.2) is 5.15 Å². The predicted molar refractivity (Wildman–Crippen MR) is 50.5 cm³/mol. The van der Waals surface area contributed by atoms with E-state index in [2.05, 4.69) is 9.71 Å². The molecule has 13 heavy (non-hydrogen) atoms. The summed E-state index contributed by atoms with van der Waals surface area (Å²) in [5, 5.41) is 0.0157. The number of rotatable bonds is 2. The van der Waals surface area contributed by atoms with Crippen LogP contribution in [-0.4, -0.2) is 20.4 Å². The topological polar surface area (TPSA) is 59.1 Å². The monoisotopic (exact) mass is 240 g/mol. The van der Waals surface area contributed by atoms with E-state index in [1.54, 1.807) is 0 Å². The molecule has 0 aliphatic rings. The van der Waals surface area contributed by atoms with E-state index >= 15 is 0 Å². The predicted octanol–water partition coefficient (Wildman–Crippen LogP) is 1.30. The average Bonchev–Trinajstić information content (AvgIpc) is 2.03. The van der Waals surface area contributed by atoms with E-state index in [-0.39, 0.29) is 15.2 Å². The molecular formula is C6H6Cl2N2O2S. The Hall–Kier alpha value is -0.360. The Morgan fingerprint density at radius 3 is 2.46 bits per heavy atom. The van der Waals surface area contributed by atoms with Crippen LogP contribution in [0.25, 0.3) is 0 Å². The molecule has 0 spiro atoms. The second-order valence-electron chi connectivity index (χ2n) is 2.13.